The lowest BCUT2D eigenvalue weighted by Gasteiger charge is -2.34. The molecule has 1 aromatic carbocycles. The van der Waals surface area contributed by atoms with Crippen LogP contribution in [0.25, 0.3) is 0 Å². The van der Waals surface area contributed by atoms with E-state index >= 15 is 0 Å². The van der Waals surface area contributed by atoms with E-state index in [1.54, 1.807) is 0 Å². The number of piperidine rings is 1. The van der Waals surface area contributed by atoms with Crippen LogP contribution in [0.2, 0.25) is 0 Å². The summed E-state index contributed by atoms with van der Waals surface area (Å²) < 4.78 is 5.24. The summed E-state index contributed by atoms with van der Waals surface area (Å²) >= 11 is 0. The van der Waals surface area contributed by atoms with Gasteiger partial charge in [-0.1, -0.05) is 32.0 Å². The summed E-state index contributed by atoms with van der Waals surface area (Å²) in [6.07, 6.45) is 2.86. The summed E-state index contributed by atoms with van der Waals surface area (Å²) in [7, 11) is 0. The van der Waals surface area contributed by atoms with Crippen LogP contribution in [0.3, 0.4) is 0 Å². The van der Waals surface area contributed by atoms with E-state index in [2.05, 4.69) is 19.2 Å². The number of carbonyl (C=O) groups excluding carboxylic acids is 2. The van der Waals surface area contributed by atoms with Gasteiger partial charge in [0.15, 0.2) is 5.78 Å². The molecule has 0 spiro atoms. The molecule has 2 aliphatic rings. The normalized spacial score (nSPS) is 20.2. The summed E-state index contributed by atoms with van der Waals surface area (Å²) in [6.45, 7) is 7.70. The zero-order valence-electron chi connectivity index (χ0n) is 18.5. The maximum Gasteiger partial charge on any atom is 0.310 e. The Kier molecular flexibility index (Phi) is 5.94. The zero-order chi connectivity index (χ0) is 22.0. The third kappa shape index (κ3) is 4.70. The first-order valence-corrected chi connectivity index (χ1v) is 11.0. The number of benzene rings is 1. The molecule has 7 heteroatoms. The number of Topliss-reactive ketones (excluding diaryl/α,β-unsaturated/α-hetero) is 1. The summed E-state index contributed by atoms with van der Waals surface area (Å²) in [4.78, 5) is 37.0. The minimum Gasteiger partial charge on any atom is -0.466 e. The second kappa shape index (κ2) is 8.65. The molecule has 1 atom stereocenters. The van der Waals surface area contributed by atoms with Crippen LogP contribution in [0.4, 0.5) is 17.5 Å². The standard InChI is InChI=1S/C24H30N4O3/c1-4-31-22(30)16-9-8-12-28(15-16)23-26-18-13-24(2,3)14-19(29)20(18)21(27-23)25-17-10-6-5-7-11-17/h5-7,10-11,16H,4,8-9,12-15H2,1-3H3,(H,25,26,27). The van der Waals surface area contributed by atoms with Crippen molar-refractivity contribution in [3.05, 3.63) is 41.6 Å². The van der Waals surface area contributed by atoms with Crippen molar-refractivity contribution in [2.24, 2.45) is 11.3 Å². The van der Waals surface area contributed by atoms with Crippen molar-refractivity contribution in [1.82, 2.24) is 9.97 Å². The van der Waals surface area contributed by atoms with Crippen LogP contribution in [0.15, 0.2) is 30.3 Å². The zero-order valence-corrected chi connectivity index (χ0v) is 18.5. The predicted octanol–water partition coefficient (Wildman–Crippen LogP) is 4.15. The second-order valence-electron chi connectivity index (χ2n) is 9.16. The number of fused-ring (bicyclic) bond motifs is 1. The van der Waals surface area contributed by atoms with Gasteiger partial charge in [0.2, 0.25) is 5.95 Å². The first-order chi connectivity index (χ1) is 14.9. The van der Waals surface area contributed by atoms with Crippen molar-refractivity contribution < 1.29 is 14.3 Å². The average molecular weight is 423 g/mol. The Morgan fingerprint density at radius 1 is 1.23 bits per heavy atom. The van der Waals surface area contributed by atoms with Gasteiger partial charge in [0.25, 0.3) is 0 Å². The number of hydrogen-bond acceptors (Lipinski definition) is 7. The van der Waals surface area contributed by atoms with Crippen LogP contribution in [-0.4, -0.2) is 41.4 Å². The topological polar surface area (TPSA) is 84.4 Å². The molecule has 4 rings (SSSR count). The minimum atomic E-state index is -0.183. The van der Waals surface area contributed by atoms with Gasteiger partial charge in [0.05, 0.1) is 23.8 Å². The molecular weight excluding hydrogens is 392 g/mol. The third-order valence-corrected chi connectivity index (χ3v) is 5.90. The van der Waals surface area contributed by atoms with Gasteiger partial charge < -0.3 is 15.0 Å². The number of carbonyl (C=O) groups is 2. The summed E-state index contributed by atoms with van der Waals surface area (Å²) in [5.41, 5.74) is 2.10. The first kappa shape index (κ1) is 21.3. The van der Waals surface area contributed by atoms with Crippen LogP contribution in [0, 0.1) is 11.3 Å². The highest BCUT2D eigenvalue weighted by Crippen LogP contribution is 2.38. The van der Waals surface area contributed by atoms with E-state index in [0.717, 1.165) is 30.8 Å². The van der Waals surface area contributed by atoms with Gasteiger partial charge >= 0.3 is 5.97 Å². The van der Waals surface area contributed by atoms with Crippen molar-refractivity contribution >= 4 is 29.2 Å². The number of para-hydroxylation sites is 1. The Labute approximate surface area is 183 Å². The van der Waals surface area contributed by atoms with Crippen LogP contribution in [0.5, 0.6) is 0 Å². The molecule has 164 valence electrons. The van der Waals surface area contributed by atoms with Gasteiger partial charge in [-0.15, -0.1) is 0 Å². The van der Waals surface area contributed by atoms with Crippen molar-refractivity contribution in [2.45, 2.75) is 46.5 Å². The van der Waals surface area contributed by atoms with Gasteiger partial charge in [-0.3, -0.25) is 9.59 Å². The van der Waals surface area contributed by atoms with Gasteiger partial charge in [-0.2, -0.15) is 4.98 Å². The molecule has 0 amide bonds. The summed E-state index contributed by atoms with van der Waals surface area (Å²) in [6, 6.07) is 9.72. The van der Waals surface area contributed by atoms with Crippen molar-refractivity contribution in [2.75, 3.05) is 29.9 Å². The molecule has 1 aliphatic heterocycles. The molecule has 1 saturated heterocycles. The molecule has 7 nitrogen and oxygen atoms in total. The highest BCUT2D eigenvalue weighted by molar-refractivity contribution is 6.03. The molecule has 31 heavy (non-hydrogen) atoms. The van der Waals surface area contributed by atoms with Crippen molar-refractivity contribution in [3.8, 4) is 0 Å². The van der Waals surface area contributed by atoms with Gasteiger partial charge in [0.1, 0.15) is 5.82 Å². The van der Waals surface area contributed by atoms with Gasteiger partial charge in [-0.25, -0.2) is 4.98 Å². The lowest BCUT2D eigenvalue weighted by molar-refractivity contribution is -0.148. The predicted molar refractivity (Wildman–Crippen MR) is 120 cm³/mol. The Balaban J connectivity index is 1.71. The highest BCUT2D eigenvalue weighted by Gasteiger charge is 2.36. The number of anilines is 3. The Bertz CT molecular complexity index is 974. The maximum atomic E-state index is 13.0. The molecule has 1 fully saturated rings. The van der Waals surface area contributed by atoms with E-state index < -0.39 is 0 Å². The average Bonchev–Trinajstić information content (AvgIpc) is 2.73. The fourth-order valence-electron chi connectivity index (χ4n) is 4.46. The molecule has 1 aromatic heterocycles. The fraction of sp³-hybridized carbons (Fsp3) is 0.500. The van der Waals surface area contributed by atoms with Gasteiger partial charge in [0, 0.05) is 25.2 Å². The first-order valence-electron chi connectivity index (χ1n) is 11.0. The maximum absolute atomic E-state index is 13.0. The number of rotatable bonds is 5. The molecule has 1 N–H and O–H groups in total. The highest BCUT2D eigenvalue weighted by atomic mass is 16.5. The lowest BCUT2D eigenvalue weighted by atomic mass is 9.75. The van der Waals surface area contributed by atoms with Crippen LogP contribution >= 0.6 is 0 Å². The molecule has 0 bridgehead atoms. The molecule has 2 heterocycles. The molecule has 2 aromatic rings. The van der Waals surface area contributed by atoms with Crippen LogP contribution in [0.1, 0.15) is 56.1 Å². The monoisotopic (exact) mass is 422 g/mol. The number of hydrogen-bond donors (Lipinski definition) is 1. The SMILES string of the molecule is CCOC(=O)C1CCCN(c2nc3c(c(Nc4ccccc4)n2)C(=O)CC(C)(C)C3)C1. The number of ketones is 1. The van der Waals surface area contributed by atoms with E-state index in [1.165, 1.54) is 0 Å². The number of aromatic nitrogens is 2. The molecule has 1 aliphatic carbocycles. The number of ether oxygens (including phenoxy) is 1. The van der Waals surface area contributed by atoms with Crippen LogP contribution in [-0.2, 0) is 16.0 Å². The Morgan fingerprint density at radius 3 is 2.74 bits per heavy atom. The van der Waals surface area contributed by atoms with Gasteiger partial charge in [-0.05, 0) is 43.7 Å². The van der Waals surface area contributed by atoms with E-state index in [9.17, 15) is 9.59 Å². The molecular formula is C24H30N4O3. The fourth-order valence-corrected chi connectivity index (χ4v) is 4.46. The van der Waals surface area contributed by atoms with E-state index in [4.69, 9.17) is 14.7 Å². The quantitative estimate of drug-likeness (QED) is 0.725. The smallest absolute Gasteiger partial charge is 0.310 e. The van der Waals surface area contributed by atoms with E-state index in [-0.39, 0.29) is 23.1 Å². The second-order valence-corrected chi connectivity index (χ2v) is 9.16. The Morgan fingerprint density at radius 2 is 2.00 bits per heavy atom. The summed E-state index contributed by atoms with van der Waals surface area (Å²) in [5, 5.41) is 3.33. The minimum absolute atomic E-state index is 0.0688. The largest absolute Gasteiger partial charge is 0.466 e. The van der Waals surface area contributed by atoms with Crippen LogP contribution < -0.4 is 10.2 Å². The van der Waals surface area contributed by atoms with Crippen molar-refractivity contribution in [1.29, 1.82) is 0 Å². The number of nitrogens with zero attached hydrogens (tertiary/aromatic N) is 3. The lowest BCUT2D eigenvalue weighted by Crippen LogP contribution is -2.41. The molecule has 0 radical (unpaired) electrons. The third-order valence-electron chi connectivity index (χ3n) is 5.90. The molecule has 1 unspecified atom stereocenters. The van der Waals surface area contributed by atoms with Crippen molar-refractivity contribution in [3.63, 3.8) is 0 Å². The van der Waals surface area contributed by atoms with E-state index in [1.807, 2.05) is 42.2 Å². The number of esters is 1. The van der Waals surface area contributed by atoms with E-state index in [0.29, 0.717) is 43.3 Å². The number of nitrogens with one attached hydrogen (secondary N) is 1. The Hall–Kier alpha value is -2.96. The summed E-state index contributed by atoms with van der Waals surface area (Å²) in [5.74, 6) is 0.835. The molecule has 0 saturated carbocycles.